The molecule has 0 aromatic rings. The van der Waals surface area contributed by atoms with Gasteiger partial charge in [-0.05, 0) is 62.7 Å². The lowest BCUT2D eigenvalue weighted by Gasteiger charge is -2.60. The molecule has 3 unspecified atom stereocenters. The third-order valence-corrected chi connectivity index (χ3v) is 5.91. The number of hydrogen-bond acceptors (Lipinski definition) is 1. The minimum atomic E-state index is -0.0564. The average molecular weight is 270 g/mol. The predicted molar refractivity (Wildman–Crippen MR) is 73.5 cm³/mol. The molecule has 0 aromatic carbocycles. The zero-order valence-electron chi connectivity index (χ0n) is 11.5. The molecule has 4 aliphatic carbocycles. The van der Waals surface area contributed by atoms with E-state index in [0.29, 0.717) is 11.3 Å². The number of nitrogens with one attached hydrogen (secondary N) is 1. The minimum absolute atomic E-state index is 0.0564. The first-order valence-electron chi connectivity index (χ1n) is 7.32. The number of halogens is 1. The van der Waals surface area contributed by atoms with Gasteiger partial charge in [0.25, 0.3) is 0 Å². The lowest BCUT2D eigenvalue weighted by molar-refractivity contribution is -0.155. The number of carbonyl (C=O) groups excluding carboxylic acids is 1. The Labute approximate surface area is 115 Å². The topological polar surface area (TPSA) is 29.1 Å². The van der Waals surface area contributed by atoms with E-state index >= 15 is 0 Å². The van der Waals surface area contributed by atoms with Gasteiger partial charge in [-0.15, -0.1) is 11.6 Å². The van der Waals surface area contributed by atoms with Gasteiger partial charge >= 0.3 is 0 Å². The summed E-state index contributed by atoms with van der Waals surface area (Å²) in [7, 11) is 0. The zero-order valence-corrected chi connectivity index (χ0v) is 12.2. The Hall–Kier alpha value is -0.240. The van der Waals surface area contributed by atoms with Crippen LogP contribution >= 0.6 is 11.6 Å². The van der Waals surface area contributed by atoms with E-state index in [0.717, 1.165) is 31.1 Å². The van der Waals surface area contributed by atoms with Crippen molar-refractivity contribution in [1.29, 1.82) is 0 Å². The molecule has 4 bridgehead atoms. The Morgan fingerprint density at radius 3 is 2.44 bits per heavy atom. The van der Waals surface area contributed by atoms with Crippen molar-refractivity contribution >= 4 is 17.5 Å². The Bertz CT molecular complexity index is 354. The van der Waals surface area contributed by atoms with Crippen molar-refractivity contribution in [2.24, 2.45) is 22.7 Å². The number of hydrogen-bond donors (Lipinski definition) is 1. The van der Waals surface area contributed by atoms with Crippen LogP contribution in [0.15, 0.2) is 0 Å². The lowest BCUT2D eigenvalue weighted by atomic mass is 9.44. The van der Waals surface area contributed by atoms with E-state index in [4.69, 9.17) is 11.6 Å². The Morgan fingerprint density at radius 2 is 1.94 bits per heavy atom. The van der Waals surface area contributed by atoms with Crippen LogP contribution in [0.3, 0.4) is 0 Å². The molecular formula is C15H24ClNO. The van der Waals surface area contributed by atoms with Crippen LogP contribution in [0.1, 0.15) is 52.4 Å². The second kappa shape index (κ2) is 4.13. The van der Waals surface area contributed by atoms with Gasteiger partial charge in [-0.25, -0.2) is 0 Å². The van der Waals surface area contributed by atoms with Crippen molar-refractivity contribution in [3.05, 3.63) is 0 Å². The van der Waals surface area contributed by atoms with Crippen molar-refractivity contribution in [2.45, 2.75) is 58.4 Å². The van der Waals surface area contributed by atoms with Gasteiger partial charge < -0.3 is 5.32 Å². The first-order valence-corrected chi connectivity index (χ1v) is 7.85. The number of amides is 1. The van der Waals surface area contributed by atoms with Crippen molar-refractivity contribution in [2.75, 3.05) is 5.88 Å². The molecule has 2 nitrogen and oxygen atoms in total. The third-order valence-electron chi connectivity index (χ3n) is 5.44. The quantitative estimate of drug-likeness (QED) is 0.783. The molecule has 4 saturated carbocycles. The Balaban J connectivity index is 1.80. The fraction of sp³-hybridized carbons (Fsp3) is 0.933. The first-order chi connectivity index (χ1) is 8.45. The minimum Gasteiger partial charge on any atom is -0.352 e. The molecule has 3 heteroatoms. The highest BCUT2D eigenvalue weighted by Crippen LogP contribution is 2.65. The van der Waals surface area contributed by atoms with E-state index in [1.165, 1.54) is 19.3 Å². The molecule has 0 spiro atoms. The summed E-state index contributed by atoms with van der Waals surface area (Å²) in [5.74, 6) is 2.39. The second-order valence-corrected chi connectivity index (χ2v) is 7.89. The molecular weight excluding hydrogens is 246 g/mol. The van der Waals surface area contributed by atoms with Crippen LogP contribution in [0, 0.1) is 22.7 Å². The zero-order chi connectivity index (χ0) is 13.0. The summed E-state index contributed by atoms with van der Waals surface area (Å²) in [5, 5.41) is 3.13. The fourth-order valence-electron chi connectivity index (χ4n) is 5.40. The molecule has 0 heterocycles. The van der Waals surface area contributed by atoms with Gasteiger partial charge in [-0.1, -0.05) is 6.92 Å². The molecule has 4 rings (SSSR count). The maximum Gasteiger partial charge on any atom is 0.226 e. The van der Waals surface area contributed by atoms with Crippen LogP contribution in [-0.4, -0.2) is 17.8 Å². The summed E-state index contributed by atoms with van der Waals surface area (Å²) < 4.78 is 0. The third kappa shape index (κ3) is 1.97. The molecule has 102 valence electrons. The molecule has 1 N–H and O–H groups in total. The van der Waals surface area contributed by atoms with Gasteiger partial charge in [0, 0.05) is 11.9 Å². The van der Waals surface area contributed by atoms with Crippen molar-refractivity contribution in [3.63, 3.8) is 0 Å². The molecule has 3 atom stereocenters. The molecule has 1 amide bonds. The summed E-state index contributed by atoms with van der Waals surface area (Å²) in [4.78, 5) is 12.6. The highest BCUT2D eigenvalue weighted by Gasteiger charge is 2.58. The Kier molecular flexibility index (Phi) is 2.93. The summed E-state index contributed by atoms with van der Waals surface area (Å²) in [6.07, 6.45) is 7.43. The number of carbonyl (C=O) groups is 1. The lowest BCUT2D eigenvalue weighted by Crippen LogP contribution is -2.57. The number of alkyl halides is 1. The summed E-state index contributed by atoms with van der Waals surface area (Å²) in [5.41, 5.74) is 0.380. The monoisotopic (exact) mass is 269 g/mol. The van der Waals surface area contributed by atoms with E-state index in [1.807, 2.05) is 6.92 Å². The first kappa shape index (κ1) is 12.8. The molecule has 0 saturated heterocycles. The highest BCUT2D eigenvalue weighted by atomic mass is 35.5. The maximum atomic E-state index is 12.6. The standard InChI is InChI=1S/C15H24ClNO/c1-10(8-16)17-13(18)15-6-11-3-12(7-15)5-14(2,4-11)9-15/h10-12H,3-9H2,1-2H3,(H,17,18). The molecule has 18 heavy (non-hydrogen) atoms. The van der Waals surface area contributed by atoms with E-state index in [2.05, 4.69) is 12.2 Å². The molecule has 0 aliphatic heterocycles. The van der Waals surface area contributed by atoms with E-state index in [1.54, 1.807) is 0 Å². The van der Waals surface area contributed by atoms with Crippen molar-refractivity contribution in [3.8, 4) is 0 Å². The van der Waals surface area contributed by atoms with E-state index < -0.39 is 0 Å². The van der Waals surface area contributed by atoms with Gasteiger partial charge in [0.1, 0.15) is 0 Å². The summed E-state index contributed by atoms with van der Waals surface area (Å²) >= 11 is 5.82. The van der Waals surface area contributed by atoms with Gasteiger partial charge in [-0.2, -0.15) is 0 Å². The SMILES string of the molecule is CC(CCl)NC(=O)C12CC3CC(CC(C)(C3)C1)C2. The van der Waals surface area contributed by atoms with Gasteiger partial charge in [0.15, 0.2) is 0 Å². The van der Waals surface area contributed by atoms with Crippen molar-refractivity contribution < 1.29 is 4.79 Å². The molecule has 4 fully saturated rings. The van der Waals surface area contributed by atoms with Crippen LogP contribution in [0.5, 0.6) is 0 Å². The number of rotatable bonds is 3. The maximum absolute atomic E-state index is 12.6. The Morgan fingerprint density at radius 1 is 1.33 bits per heavy atom. The van der Waals surface area contributed by atoms with Crippen LogP contribution in [0.4, 0.5) is 0 Å². The average Bonchev–Trinajstić information content (AvgIpc) is 2.25. The molecule has 0 aromatic heterocycles. The van der Waals surface area contributed by atoms with Crippen LogP contribution in [0.2, 0.25) is 0 Å². The van der Waals surface area contributed by atoms with Crippen LogP contribution in [0.25, 0.3) is 0 Å². The largest absolute Gasteiger partial charge is 0.352 e. The van der Waals surface area contributed by atoms with Gasteiger partial charge in [-0.3, -0.25) is 4.79 Å². The second-order valence-electron chi connectivity index (χ2n) is 7.58. The van der Waals surface area contributed by atoms with Gasteiger partial charge in [0.05, 0.1) is 5.41 Å². The smallest absolute Gasteiger partial charge is 0.226 e. The van der Waals surface area contributed by atoms with Crippen molar-refractivity contribution in [1.82, 2.24) is 5.32 Å². The molecule has 4 aliphatic rings. The van der Waals surface area contributed by atoms with Gasteiger partial charge in [0.2, 0.25) is 5.91 Å². The van der Waals surface area contributed by atoms with E-state index in [9.17, 15) is 4.79 Å². The van der Waals surface area contributed by atoms with E-state index in [-0.39, 0.29) is 17.4 Å². The predicted octanol–water partition coefficient (Wildman–Crippen LogP) is 3.34. The fourth-order valence-corrected chi connectivity index (χ4v) is 5.48. The summed E-state index contributed by atoms with van der Waals surface area (Å²) in [6, 6.07) is 0.0972. The normalized spacial score (nSPS) is 47.1. The highest BCUT2D eigenvalue weighted by molar-refractivity contribution is 6.18. The van der Waals surface area contributed by atoms with Crippen LogP contribution in [-0.2, 0) is 4.79 Å². The molecule has 0 radical (unpaired) electrons. The van der Waals surface area contributed by atoms with Crippen LogP contribution < -0.4 is 5.32 Å². The summed E-state index contributed by atoms with van der Waals surface area (Å²) in [6.45, 7) is 4.39.